The van der Waals surface area contributed by atoms with Gasteiger partial charge in [0.2, 0.25) is 5.91 Å². The van der Waals surface area contributed by atoms with E-state index >= 15 is 0 Å². The van der Waals surface area contributed by atoms with Crippen molar-refractivity contribution in [1.82, 2.24) is 14.3 Å². The molecule has 4 rings (SSSR count). The molecular formula is C22H24ClN3O2. The number of morpholine rings is 1. The standard InChI is InChI=1S/C22H24ClN3O2/c1-15-12-25(13-16(2)28-15)22(27)10-19(17-6-4-3-5-7-17)20-11-24-21-9-8-18(23)14-26(20)21/h3-9,11,14-16,19H,10,12-13H2,1-2H3. The van der Waals surface area contributed by atoms with Crippen molar-refractivity contribution >= 4 is 23.2 Å². The summed E-state index contributed by atoms with van der Waals surface area (Å²) in [6.07, 6.45) is 4.19. The molecule has 0 aliphatic carbocycles. The summed E-state index contributed by atoms with van der Waals surface area (Å²) < 4.78 is 7.76. The third-order valence-corrected chi connectivity index (χ3v) is 5.43. The van der Waals surface area contributed by atoms with Crippen LogP contribution in [0.25, 0.3) is 5.65 Å². The Kier molecular flexibility index (Phi) is 5.38. The lowest BCUT2D eigenvalue weighted by molar-refractivity contribution is -0.143. The first kappa shape index (κ1) is 19.0. The van der Waals surface area contributed by atoms with E-state index in [1.807, 2.05) is 65.9 Å². The van der Waals surface area contributed by atoms with Gasteiger partial charge in [0.05, 0.1) is 22.9 Å². The number of aromatic nitrogens is 2. The highest BCUT2D eigenvalue weighted by Gasteiger charge is 2.29. The van der Waals surface area contributed by atoms with Crippen molar-refractivity contribution in [2.24, 2.45) is 0 Å². The predicted octanol–water partition coefficient (Wildman–Crippen LogP) is 4.15. The number of benzene rings is 1. The second kappa shape index (κ2) is 7.94. The molecule has 6 heteroatoms. The van der Waals surface area contributed by atoms with Crippen LogP contribution in [0.15, 0.2) is 54.9 Å². The molecule has 3 atom stereocenters. The number of pyridine rings is 1. The normalized spacial score (nSPS) is 21.0. The summed E-state index contributed by atoms with van der Waals surface area (Å²) in [7, 11) is 0. The second-order valence-electron chi connectivity index (χ2n) is 7.48. The zero-order chi connectivity index (χ0) is 19.7. The van der Waals surface area contributed by atoms with Crippen molar-refractivity contribution in [3.8, 4) is 0 Å². The number of fused-ring (bicyclic) bond motifs is 1. The first-order valence-corrected chi connectivity index (χ1v) is 9.99. The summed E-state index contributed by atoms with van der Waals surface area (Å²) in [5.41, 5.74) is 2.87. The maximum absolute atomic E-state index is 13.2. The number of carbonyl (C=O) groups excluding carboxylic acids is 1. The van der Waals surface area contributed by atoms with Gasteiger partial charge in [-0.3, -0.25) is 4.79 Å². The molecule has 0 spiro atoms. The monoisotopic (exact) mass is 397 g/mol. The van der Waals surface area contributed by atoms with Gasteiger partial charge < -0.3 is 14.0 Å². The lowest BCUT2D eigenvalue weighted by Gasteiger charge is -2.36. The summed E-state index contributed by atoms with van der Waals surface area (Å²) in [5.74, 6) is 0.0310. The molecule has 3 heterocycles. The number of ether oxygens (including phenoxy) is 1. The van der Waals surface area contributed by atoms with Gasteiger partial charge in [0.1, 0.15) is 5.65 Å². The molecule has 146 valence electrons. The topological polar surface area (TPSA) is 46.8 Å². The van der Waals surface area contributed by atoms with Crippen molar-refractivity contribution in [3.05, 3.63) is 71.1 Å². The number of rotatable bonds is 4. The number of hydrogen-bond acceptors (Lipinski definition) is 3. The lowest BCUT2D eigenvalue weighted by Crippen LogP contribution is -2.48. The van der Waals surface area contributed by atoms with Crippen LogP contribution in [0.4, 0.5) is 0 Å². The molecule has 2 aromatic heterocycles. The Morgan fingerprint density at radius 3 is 2.61 bits per heavy atom. The molecule has 0 radical (unpaired) electrons. The Bertz CT molecular complexity index is 962. The average Bonchev–Trinajstić information content (AvgIpc) is 3.08. The second-order valence-corrected chi connectivity index (χ2v) is 7.92. The zero-order valence-corrected chi connectivity index (χ0v) is 16.8. The Balaban J connectivity index is 1.68. The quantitative estimate of drug-likeness (QED) is 0.664. The van der Waals surface area contributed by atoms with Crippen LogP contribution in [-0.2, 0) is 9.53 Å². The van der Waals surface area contributed by atoms with Crippen LogP contribution in [0.1, 0.15) is 37.4 Å². The molecule has 1 aliphatic heterocycles. The van der Waals surface area contributed by atoms with Crippen LogP contribution in [0, 0.1) is 0 Å². The summed E-state index contributed by atoms with van der Waals surface area (Å²) in [5, 5.41) is 0.640. The van der Waals surface area contributed by atoms with Crippen molar-refractivity contribution in [2.45, 2.75) is 38.4 Å². The van der Waals surface area contributed by atoms with Crippen molar-refractivity contribution in [2.75, 3.05) is 13.1 Å². The molecule has 1 aliphatic rings. The lowest BCUT2D eigenvalue weighted by atomic mass is 9.92. The zero-order valence-electron chi connectivity index (χ0n) is 16.1. The molecule has 1 saturated heterocycles. The van der Waals surface area contributed by atoms with Crippen LogP contribution < -0.4 is 0 Å². The van der Waals surface area contributed by atoms with Crippen molar-refractivity contribution in [1.29, 1.82) is 0 Å². The molecule has 3 aromatic rings. The number of imidazole rings is 1. The summed E-state index contributed by atoms with van der Waals surface area (Å²) in [6.45, 7) is 5.28. The van der Waals surface area contributed by atoms with Gasteiger partial charge in [-0.05, 0) is 31.5 Å². The molecule has 1 fully saturated rings. The van der Waals surface area contributed by atoms with Gasteiger partial charge in [0.25, 0.3) is 0 Å². The van der Waals surface area contributed by atoms with Gasteiger partial charge in [0.15, 0.2) is 0 Å². The number of nitrogens with zero attached hydrogens (tertiary/aromatic N) is 3. The third kappa shape index (κ3) is 3.91. The maximum Gasteiger partial charge on any atom is 0.223 e. The smallest absolute Gasteiger partial charge is 0.223 e. The average molecular weight is 398 g/mol. The van der Waals surface area contributed by atoms with Gasteiger partial charge in [-0.15, -0.1) is 0 Å². The van der Waals surface area contributed by atoms with E-state index in [9.17, 15) is 4.79 Å². The van der Waals surface area contributed by atoms with E-state index in [0.29, 0.717) is 24.5 Å². The Labute approximate surface area is 169 Å². The third-order valence-electron chi connectivity index (χ3n) is 5.21. The first-order valence-electron chi connectivity index (χ1n) is 9.62. The molecule has 1 aromatic carbocycles. The highest BCUT2D eigenvalue weighted by Crippen LogP contribution is 2.30. The van der Waals surface area contributed by atoms with Crippen molar-refractivity contribution < 1.29 is 9.53 Å². The van der Waals surface area contributed by atoms with Gasteiger partial charge in [0, 0.05) is 37.8 Å². The van der Waals surface area contributed by atoms with Crippen LogP contribution in [0.5, 0.6) is 0 Å². The van der Waals surface area contributed by atoms with Crippen LogP contribution in [-0.4, -0.2) is 45.5 Å². The molecule has 5 nitrogen and oxygen atoms in total. The Hall–Kier alpha value is -2.37. The molecule has 0 N–H and O–H groups in total. The first-order chi connectivity index (χ1) is 13.5. The highest BCUT2D eigenvalue weighted by molar-refractivity contribution is 6.30. The summed E-state index contributed by atoms with van der Waals surface area (Å²) in [4.78, 5) is 19.6. The van der Waals surface area contributed by atoms with E-state index in [1.165, 1.54) is 0 Å². The van der Waals surface area contributed by atoms with Gasteiger partial charge in [-0.2, -0.15) is 0 Å². The van der Waals surface area contributed by atoms with E-state index in [1.54, 1.807) is 0 Å². The Morgan fingerprint density at radius 2 is 1.89 bits per heavy atom. The number of amides is 1. The largest absolute Gasteiger partial charge is 0.372 e. The summed E-state index contributed by atoms with van der Waals surface area (Å²) in [6, 6.07) is 13.8. The number of hydrogen-bond donors (Lipinski definition) is 0. The SMILES string of the molecule is CC1CN(C(=O)CC(c2ccccc2)c2cnc3ccc(Cl)cn23)CC(C)O1. The fourth-order valence-electron chi connectivity index (χ4n) is 4.00. The van der Waals surface area contributed by atoms with Crippen LogP contribution in [0.2, 0.25) is 5.02 Å². The van der Waals surface area contributed by atoms with Gasteiger partial charge in [-0.1, -0.05) is 41.9 Å². The Morgan fingerprint density at radius 1 is 1.18 bits per heavy atom. The van der Waals surface area contributed by atoms with E-state index in [-0.39, 0.29) is 24.0 Å². The number of carbonyl (C=O) groups is 1. The molecular weight excluding hydrogens is 374 g/mol. The molecule has 28 heavy (non-hydrogen) atoms. The highest BCUT2D eigenvalue weighted by atomic mass is 35.5. The fourth-order valence-corrected chi connectivity index (χ4v) is 4.16. The maximum atomic E-state index is 13.2. The van der Waals surface area contributed by atoms with Crippen LogP contribution in [0.3, 0.4) is 0 Å². The van der Waals surface area contributed by atoms with E-state index in [4.69, 9.17) is 16.3 Å². The van der Waals surface area contributed by atoms with E-state index in [0.717, 1.165) is 16.9 Å². The van der Waals surface area contributed by atoms with E-state index in [2.05, 4.69) is 17.1 Å². The number of halogens is 1. The van der Waals surface area contributed by atoms with Crippen LogP contribution >= 0.6 is 11.6 Å². The van der Waals surface area contributed by atoms with E-state index < -0.39 is 0 Å². The molecule has 0 bridgehead atoms. The minimum atomic E-state index is -0.101. The minimum Gasteiger partial charge on any atom is -0.372 e. The summed E-state index contributed by atoms with van der Waals surface area (Å²) >= 11 is 6.22. The minimum absolute atomic E-state index is 0.0532. The molecule has 3 unspecified atom stereocenters. The molecule has 1 amide bonds. The molecule has 0 saturated carbocycles. The predicted molar refractivity (Wildman–Crippen MR) is 110 cm³/mol. The van der Waals surface area contributed by atoms with Gasteiger partial charge >= 0.3 is 0 Å². The fraction of sp³-hybridized carbons (Fsp3) is 0.364. The van der Waals surface area contributed by atoms with Crippen molar-refractivity contribution in [3.63, 3.8) is 0 Å². The van der Waals surface area contributed by atoms with Gasteiger partial charge in [-0.25, -0.2) is 4.98 Å².